The molecule has 2 aromatic carbocycles. The first-order chi connectivity index (χ1) is 12.5. The highest BCUT2D eigenvalue weighted by atomic mass is 16.5. The molecule has 132 valence electrons. The fraction of sp³-hybridized carbons (Fsp3) is 0.158. The van der Waals surface area contributed by atoms with E-state index in [4.69, 9.17) is 10.5 Å². The van der Waals surface area contributed by atoms with Gasteiger partial charge >= 0.3 is 5.97 Å². The molecular weight excluding hydrogens is 330 g/mol. The highest BCUT2D eigenvalue weighted by Gasteiger charge is 2.12. The second-order valence-electron chi connectivity index (χ2n) is 5.76. The number of esters is 1. The number of carbonyl (C=O) groups excluding carboxylic acids is 1. The molecule has 7 heteroatoms. The number of para-hydroxylation sites is 1. The summed E-state index contributed by atoms with van der Waals surface area (Å²) in [6.45, 7) is 3.72. The summed E-state index contributed by atoms with van der Waals surface area (Å²) in [5.74, 6) is 0.192. The van der Waals surface area contributed by atoms with Crippen molar-refractivity contribution in [3.8, 4) is 0 Å². The highest BCUT2D eigenvalue weighted by molar-refractivity contribution is 5.90. The van der Waals surface area contributed by atoms with Gasteiger partial charge in [0, 0.05) is 5.69 Å². The van der Waals surface area contributed by atoms with Crippen LogP contribution in [-0.4, -0.2) is 20.9 Å². The van der Waals surface area contributed by atoms with Crippen molar-refractivity contribution in [2.45, 2.75) is 20.5 Å². The van der Waals surface area contributed by atoms with Gasteiger partial charge in [0.1, 0.15) is 0 Å². The van der Waals surface area contributed by atoms with E-state index >= 15 is 0 Å². The number of anilines is 3. The molecule has 0 radical (unpaired) electrons. The van der Waals surface area contributed by atoms with Gasteiger partial charge in [0.05, 0.1) is 5.56 Å². The fourth-order valence-electron chi connectivity index (χ4n) is 2.40. The molecule has 0 aliphatic heterocycles. The van der Waals surface area contributed by atoms with Crippen molar-refractivity contribution in [1.29, 1.82) is 0 Å². The molecule has 0 fully saturated rings. The van der Waals surface area contributed by atoms with Crippen LogP contribution in [-0.2, 0) is 11.3 Å². The summed E-state index contributed by atoms with van der Waals surface area (Å²) in [6.07, 6.45) is 0. The van der Waals surface area contributed by atoms with E-state index in [1.54, 1.807) is 12.1 Å². The third kappa shape index (κ3) is 4.13. The molecule has 0 atom stereocenters. The highest BCUT2D eigenvalue weighted by Crippen LogP contribution is 2.18. The van der Waals surface area contributed by atoms with Gasteiger partial charge in [-0.1, -0.05) is 36.4 Å². The minimum absolute atomic E-state index is 0.0537. The number of nitrogens with one attached hydrogen (secondary N) is 1. The molecule has 0 spiro atoms. The van der Waals surface area contributed by atoms with Crippen molar-refractivity contribution in [3.63, 3.8) is 0 Å². The molecule has 3 N–H and O–H groups in total. The molecule has 0 unspecified atom stereocenters. The first-order valence-corrected chi connectivity index (χ1v) is 8.09. The van der Waals surface area contributed by atoms with Crippen LogP contribution in [0.15, 0.2) is 48.5 Å². The monoisotopic (exact) mass is 349 g/mol. The van der Waals surface area contributed by atoms with Crippen LogP contribution in [0, 0.1) is 13.8 Å². The van der Waals surface area contributed by atoms with E-state index in [1.807, 2.05) is 50.2 Å². The minimum atomic E-state index is -0.435. The Morgan fingerprint density at radius 1 is 1.00 bits per heavy atom. The molecule has 0 aliphatic rings. The predicted octanol–water partition coefficient (Wildman–Crippen LogP) is 3.17. The Kier molecular flexibility index (Phi) is 5.07. The smallest absolute Gasteiger partial charge is 0.338 e. The summed E-state index contributed by atoms with van der Waals surface area (Å²) < 4.78 is 5.30. The number of ether oxygens (including phenoxy) is 1. The lowest BCUT2D eigenvalue weighted by Crippen LogP contribution is -2.12. The summed E-state index contributed by atoms with van der Waals surface area (Å²) in [5, 5.41) is 3.10. The fourth-order valence-corrected chi connectivity index (χ4v) is 2.40. The molecule has 0 saturated heterocycles. The molecule has 3 aromatic rings. The van der Waals surface area contributed by atoms with Crippen molar-refractivity contribution in [3.05, 3.63) is 71.0 Å². The Morgan fingerprint density at radius 3 is 2.42 bits per heavy atom. The zero-order valence-electron chi connectivity index (χ0n) is 14.6. The van der Waals surface area contributed by atoms with Crippen LogP contribution in [0.2, 0.25) is 0 Å². The number of nitrogens with zero attached hydrogens (tertiary/aromatic N) is 3. The molecule has 3 rings (SSSR count). The number of hydrogen-bond donors (Lipinski definition) is 2. The van der Waals surface area contributed by atoms with E-state index in [-0.39, 0.29) is 18.4 Å². The standard InChI is InChI=1S/C19H19N5O2/c1-12-7-3-5-9-14(12)17(25)26-11-16-22-18(20)24-19(23-16)21-15-10-6-4-8-13(15)2/h3-10H,11H2,1-2H3,(H3,20,21,22,23,24). The Balaban J connectivity index is 1.73. The van der Waals surface area contributed by atoms with Gasteiger partial charge in [0.15, 0.2) is 12.4 Å². The van der Waals surface area contributed by atoms with Gasteiger partial charge in [-0.15, -0.1) is 0 Å². The number of aryl methyl sites for hydroxylation is 2. The van der Waals surface area contributed by atoms with E-state index in [0.29, 0.717) is 11.5 Å². The molecule has 0 aliphatic carbocycles. The number of nitrogen functional groups attached to an aromatic ring is 1. The van der Waals surface area contributed by atoms with Gasteiger partial charge in [-0.05, 0) is 37.1 Å². The van der Waals surface area contributed by atoms with Gasteiger partial charge in [0.25, 0.3) is 0 Å². The summed E-state index contributed by atoms with van der Waals surface area (Å²) >= 11 is 0. The van der Waals surface area contributed by atoms with Gasteiger partial charge in [-0.25, -0.2) is 4.79 Å². The second-order valence-corrected chi connectivity index (χ2v) is 5.76. The van der Waals surface area contributed by atoms with Crippen molar-refractivity contribution < 1.29 is 9.53 Å². The molecule has 0 saturated carbocycles. The lowest BCUT2D eigenvalue weighted by molar-refractivity contribution is 0.0461. The number of nitrogens with two attached hydrogens (primary N) is 1. The normalized spacial score (nSPS) is 10.4. The lowest BCUT2D eigenvalue weighted by atomic mass is 10.1. The minimum Gasteiger partial charge on any atom is -0.454 e. The maximum absolute atomic E-state index is 12.2. The van der Waals surface area contributed by atoms with E-state index in [1.165, 1.54) is 0 Å². The topological polar surface area (TPSA) is 103 Å². The van der Waals surface area contributed by atoms with Gasteiger partial charge in [-0.2, -0.15) is 15.0 Å². The van der Waals surface area contributed by atoms with E-state index in [9.17, 15) is 4.79 Å². The molecular formula is C19H19N5O2. The molecule has 7 nitrogen and oxygen atoms in total. The second kappa shape index (κ2) is 7.60. The van der Waals surface area contributed by atoms with Gasteiger partial charge in [0.2, 0.25) is 11.9 Å². The van der Waals surface area contributed by atoms with Crippen LogP contribution in [0.3, 0.4) is 0 Å². The van der Waals surface area contributed by atoms with Crippen LogP contribution < -0.4 is 11.1 Å². The zero-order chi connectivity index (χ0) is 18.5. The largest absolute Gasteiger partial charge is 0.454 e. The lowest BCUT2D eigenvalue weighted by Gasteiger charge is -2.10. The first kappa shape index (κ1) is 17.3. The Morgan fingerprint density at radius 2 is 1.69 bits per heavy atom. The molecule has 1 heterocycles. The summed E-state index contributed by atoms with van der Waals surface area (Å²) in [6, 6.07) is 14.9. The van der Waals surface area contributed by atoms with Crippen LogP contribution in [0.25, 0.3) is 0 Å². The molecule has 26 heavy (non-hydrogen) atoms. The predicted molar refractivity (Wildman–Crippen MR) is 99.0 cm³/mol. The molecule has 0 amide bonds. The van der Waals surface area contributed by atoms with E-state index < -0.39 is 5.97 Å². The van der Waals surface area contributed by atoms with Gasteiger partial charge in [-0.3, -0.25) is 0 Å². The average molecular weight is 349 g/mol. The Bertz CT molecular complexity index is 943. The van der Waals surface area contributed by atoms with Crippen LogP contribution in [0.1, 0.15) is 27.3 Å². The van der Waals surface area contributed by atoms with Crippen molar-refractivity contribution in [1.82, 2.24) is 15.0 Å². The summed E-state index contributed by atoms with van der Waals surface area (Å²) in [4.78, 5) is 24.6. The summed E-state index contributed by atoms with van der Waals surface area (Å²) in [5.41, 5.74) is 9.00. The zero-order valence-corrected chi connectivity index (χ0v) is 14.6. The van der Waals surface area contributed by atoms with E-state index in [0.717, 1.165) is 16.8 Å². The first-order valence-electron chi connectivity index (χ1n) is 8.09. The van der Waals surface area contributed by atoms with Crippen LogP contribution >= 0.6 is 0 Å². The van der Waals surface area contributed by atoms with Crippen molar-refractivity contribution in [2.75, 3.05) is 11.1 Å². The third-order valence-corrected chi connectivity index (χ3v) is 3.79. The number of benzene rings is 2. The number of carbonyl (C=O) groups is 1. The molecule has 0 bridgehead atoms. The third-order valence-electron chi connectivity index (χ3n) is 3.79. The number of aromatic nitrogens is 3. The Hall–Kier alpha value is -3.48. The van der Waals surface area contributed by atoms with Gasteiger partial charge < -0.3 is 15.8 Å². The average Bonchev–Trinajstić information content (AvgIpc) is 2.62. The van der Waals surface area contributed by atoms with Crippen LogP contribution in [0.5, 0.6) is 0 Å². The van der Waals surface area contributed by atoms with Crippen molar-refractivity contribution in [2.24, 2.45) is 0 Å². The maximum atomic E-state index is 12.2. The SMILES string of the molecule is Cc1ccccc1Nc1nc(N)nc(COC(=O)c2ccccc2C)n1. The quantitative estimate of drug-likeness (QED) is 0.682. The number of rotatable bonds is 5. The maximum Gasteiger partial charge on any atom is 0.338 e. The molecule has 1 aromatic heterocycles. The van der Waals surface area contributed by atoms with Crippen molar-refractivity contribution >= 4 is 23.6 Å². The Labute approximate surface area is 151 Å². The van der Waals surface area contributed by atoms with E-state index in [2.05, 4.69) is 20.3 Å². The number of hydrogen-bond acceptors (Lipinski definition) is 7. The summed E-state index contributed by atoms with van der Waals surface area (Å²) in [7, 11) is 0. The van der Waals surface area contributed by atoms with Crippen LogP contribution in [0.4, 0.5) is 17.6 Å².